The third-order valence-electron chi connectivity index (χ3n) is 5.06. The van der Waals surface area contributed by atoms with E-state index >= 15 is 0 Å². The number of hydrogen-bond acceptors (Lipinski definition) is 1. The fourth-order valence-corrected chi connectivity index (χ4v) is 3.99. The zero-order chi connectivity index (χ0) is 20.1. The van der Waals surface area contributed by atoms with Gasteiger partial charge in [-0.25, -0.2) is 0 Å². The lowest BCUT2D eigenvalue weighted by Gasteiger charge is -2.31. The molecule has 0 amide bonds. The lowest BCUT2D eigenvalue weighted by atomic mass is 10.1. The van der Waals surface area contributed by atoms with Gasteiger partial charge in [-0.2, -0.15) is 0 Å². The third-order valence-corrected chi connectivity index (χ3v) is 5.95. The summed E-state index contributed by atoms with van der Waals surface area (Å²) in [7, 11) is 7.75. The van der Waals surface area contributed by atoms with Gasteiger partial charge in [0.25, 0.3) is 0 Å². The highest BCUT2D eigenvalue weighted by Gasteiger charge is 2.16. The summed E-state index contributed by atoms with van der Waals surface area (Å²) >= 11 is 0. The molecule has 0 aromatic rings. The number of hydrogen-bond donors (Lipinski definition) is 2. The summed E-state index contributed by atoms with van der Waals surface area (Å²) in [6, 6.07) is 0. The number of rotatable bonds is 17. The van der Waals surface area contributed by atoms with Crippen molar-refractivity contribution in [1.82, 2.24) is 0 Å². The number of unbranched alkanes of at least 4 members (excludes halogenated alkanes) is 9. The highest BCUT2D eigenvalue weighted by atomic mass is 35.5. The summed E-state index contributed by atoms with van der Waals surface area (Å²) in [5.41, 5.74) is 0. The first-order valence-electron chi connectivity index (χ1n) is 10.6. The van der Waals surface area contributed by atoms with Crippen LogP contribution in [0.1, 0.15) is 70.6 Å². The summed E-state index contributed by atoms with van der Waals surface area (Å²) in [5, 5.41) is 0. The smallest absolute Gasteiger partial charge is 0.325 e. The zero-order valence-corrected chi connectivity index (χ0v) is 21.4. The maximum absolute atomic E-state index is 10.7. The van der Waals surface area contributed by atoms with Crippen LogP contribution in [0.4, 0.5) is 0 Å². The van der Waals surface area contributed by atoms with Crippen molar-refractivity contribution < 1.29 is 48.1 Å². The molecule has 2 N–H and O–H groups in total. The highest BCUT2D eigenvalue weighted by molar-refractivity contribution is 7.51. The largest absolute Gasteiger partial charge is 1.00 e. The average molecular weight is 465 g/mol. The molecule has 0 atom stereocenters. The highest BCUT2D eigenvalue weighted by Crippen LogP contribution is 2.35. The topological polar surface area (TPSA) is 57.5 Å². The molecule has 28 heavy (non-hydrogen) atoms. The van der Waals surface area contributed by atoms with E-state index in [2.05, 4.69) is 35.2 Å². The van der Waals surface area contributed by atoms with Gasteiger partial charge in [-0.3, -0.25) is 4.57 Å². The number of nitrogens with zero attached hydrogens (tertiary/aromatic N) is 2. The predicted octanol–water partition coefficient (Wildman–Crippen LogP) is -1.75. The molecule has 0 spiro atoms. The Morgan fingerprint density at radius 2 is 0.929 bits per heavy atom. The Hall–Kier alpha value is 0.650. The molecule has 0 aromatic heterocycles. The van der Waals surface area contributed by atoms with E-state index in [0.717, 1.165) is 21.8 Å². The minimum Gasteiger partial charge on any atom is -1.00 e. The molecular weight excluding hydrogens is 418 g/mol. The van der Waals surface area contributed by atoms with Gasteiger partial charge in [-0.15, -0.1) is 0 Å². The minimum absolute atomic E-state index is 0. The molecule has 0 heterocycles. The quantitative estimate of drug-likeness (QED) is 0.152. The van der Waals surface area contributed by atoms with Gasteiger partial charge in [0, 0.05) is 12.6 Å². The SMILES string of the molecule is C[N+](C)(C)CCC[N+](C)(C)CCCCCCCCCCCCP(=O)(O)O.[Cl-].[Cl-]. The van der Waals surface area contributed by atoms with E-state index in [4.69, 9.17) is 9.79 Å². The van der Waals surface area contributed by atoms with Crippen LogP contribution in [-0.4, -0.2) is 79.8 Å². The van der Waals surface area contributed by atoms with Crippen LogP contribution in [0.15, 0.2) is 0 Å². The molecule has 0 saturated heterocycles. The first-order valence-corrected chi connectivity index (χ1v) is 12.4. The Morgan fingerprint density at radius 3 is 1.32 bits per heavy atom. The lowest BCUT2D eigenvalue weighted by Crippen LogP contribution is -3.00. The van der Waals surface area contributed by atoms with Crippen molar-refractivity contribution in [2.24, 2.45) is 0 Å². The van der Waals surface area contributed by atoms with Gasteiger partial charge in [0.2, 0.25) is 0 Å². The molecule has 0 aliphatic rings. The molecule has 0 saturated carbocycles. The Labute approximate surface area is 187 Å². The van der Waals surface area contributed by atoms with Crippen molar-refractivity contribution in [2.45, 2.75) is 70.6 Å². The third kappa shape index (κ3) is 26.6. The Kier molecular flexibility index (Phi) is 20.6. The summed E-state index contributed by atoms with van der Waals surface area (Å²) < 4.78 is 12.9. The number of halogens is 2. The van der Waals surface area contributed by atoms with Gasteiger partial charge in [0.05, 0.1) is 54.9 Å². The van der Waals surface area contributed by atoms with Crippen molar-refractivity contribution in [2.75, 3.05) is 61.0 Å². The molecule has 0 aliphatic heterocycles. The van der Waals surface area contributed by atoms with E-state index in [1.54, 1.807) is 0 Å². The van der Waals surface area contributed by atoms with Crippen molar-refractivity contribution in [3.63, 3.8) is 0 Å². The molecular formula is C20H47Cl2N2O3P. The molecule has 0 fully saturated rings. The van der Waals surface area contributed by atoms with Gasteiger partial charge >= 0.3 is 7.60 Å². The first-order chi connectivity index (χ1) is 11.9. The van der Waals surface area contributed by atoms with Crippen LogP contribution in [0.2, 0.25) is 0 Å². The van der Waals surface area contributed by atoms with Crippen molar-refractivity contribution in [3.8, 4) is 0 Å². The second-order valence-corrected chi connectivity index (χ2v) is 11.5. The van der Waals surface area contributed by atoms with Crippen molar-refractivity contribution >= 4 is 7.60 Å². The van der Waals surface area contributed by atoms with Crippen LogP contribution in [0.3, 0.4) is 0 Å². The Bertz CT molecular complexity index is 399. The molecule has 0 bridgehead atoms. The summed E-state index contributed by atoms with van der Waals surface area (Å²) in [6.07, 6.45) is 13.2. The van der Waals surface area contributed by atoms with Crippen LogP contribution >= 0.6 is 7.60 Å². The van der Waals surface area contributed by atoms with Gasteiger partial charge < -0.3 is 43.6 Å². The van der Waals surface area contributed by atoms with E-state index in [-0.39, 0.29) is 31.0 Å². The second-order valence-electron chi connectivity index (χ2n) is 9.67. The number of quaternary nitrogens is 2. The fraction of sp³-hybridized carbons (Fsp3) is 1.00. The molecule has 0 aromatic carbocycles. The average Bonchev–Trinajstić information content (AvgIpc) is 2.45. The zero-order valence-electron chi connectivity index (χ0n) is 19.0. The van der Waals surface area contributed by atoms with E-state index in [9.17, 15) is 4.57 Å². The molecule has 5 nitrogen and oxygen atoms in total. The van der Waals surface area contributed by atoms with E-state index in [1.807, 2.05) is 0 Å². The van der Waals surface area contributed by atoms with Crippen LogP contribution in [0, 0.1) is 0 Å². The maximum atomic E-state index is 10.7. The van der Waals surface area contributed by atoms with Gasteiger partial charge in [-0.05, 0) is 19.3 Å². The maximum Gasteiger partial charge on any atom is 0.325 e. The molecule has 0 radical (unpaired) electrons. The Balaban J connectivity index is -0.00000312. The predicted molar refractivity (Wildman–Crippen MR) is 112 cm³/mol. The monoisotopic (exact) mass is 464 g/mol. The van der Waals surface area contributed by atoms with E-state index < -0.39 is 7.60 Å². The first kappa shape index (κ1) is 33.3. The van der Waals surface area contributed by atoms with Gasteiger partial charge in [0.1, 0.15) is 0 Å². The van der Waals surface area contributed by atoms with Crippen LogP contribution in [0.5, 0.6) is 0 Å². The van der Waals surface area contributed by atoms with Gasteiger partial charge in [0.15, 0.2) is 0 Å². The van der Waals surface area contributed by atoms with Crippen molar-refractivity contribution in [1.29, 1.82) is 0 Å². The summed E-state index contributed by atoms with van der Waals surface area (Å²) in [4.78, 5) is 17.6. The molecule has 0 unspecified atom stereocenters. The Morgan fingerprint density at radius 1 is 0.571 bits per heavy atom. The molecule has 0 rings (SSSR count). The van der Waals surface area contributed by atoms with E-state index in [1.165, 1.54) is 71.0 Å². The molecule has 0 aliphatic carbocycles. The van der Waals surface area contributed by atoms with E-state index in [0.29, 0.717) is 6.42 Å². The van der Waals surface area contributed by atoms with Crippen LogP contribution in [0.25, 0.3) is 0 Å². The van der Waals surface area contributed by atoms with Gasteiger partial charge in [-0.1, -0.05) is 44.9 Å². The van der Waals surface area contributed by atoms with Crippen LogP contribution in [-0.2, 0) is 4.57 Å². The van der Waals surface area contributed by atoms with Crippen molar-refractivity contribution in [3.05, 3.63) is 0 Å². The minimum atomic E-state index is -3.77. The summed E-state index contributed by atoms with van der Waals surface area (Å²) in [5.74, 6) is 0. The normalized spacial score (nSPS) is 12.4. The second kappa shape index (κ2) is 17.3. The fourth-order valence-electron chi connectivity index (χ4n) is 3.36. The molecule has 174 valence electrons. The lowest BCUT2D eigenvalue weighted by molar-refractivity contribution is -0.902. The summed E-state index contributed by atoms with van der Waals surface area (Å²) in [6.45, 7) is 3.81. The van der Waals surface area contributed by atoms with Crippen LogP contribution < -0.4 is 24.8 Å². The molecule has 8 heteroatoms. The standard InChI is InChI=1S/C20H45N2O3P.2ClH/c1-21(2,3)17-16-19-22(4,5)18-14-12-10-8-6-7-9-11-13-15-20-26(23,24)25;;/h6-20H2,1-5H3;2*1H.